The van der Waals surface area contributed by atoms with Crippen LogP contribution >= 0.6 is 0 Å². The third-order valence-corrected chi connectivity index (χ3v) is 6.22. The van der Waals surface area contributed by atoms with Crippen molar-refractivity contribution in [3.05, 3.63) is 101 Å². The molecule has 2 heterocycles. The van der Waals surface area contributed by atoms with Crippen LogP contribution in [0, 0.1) is 5.82 Å². The smallest absolute Gasteiger partial charge is 0.255 e. The van der Waals surface area contributed by atoms with Gasteiger partial charge in [-0.3, -0.25) is 4.79 Å². The second-order valence-corrected chi connectivity index (χ2v) is 8.57. The molecule has 1 aliphatic heterocycles. The monoisotopic (exact) mass is 515 g/mol. The highest BCUT2D eigenvalue weighted by molar-refractivity contribution is 6.06. The Kier molecular flexibility index (Phi) is 6.94. The third kappa shape index (κ3) is 4.88. The van der Waals surface area contributed by atoms with Crippen LogP contribution in [0.5, 0.6) is 17.2 Å². The molecule has 5 rings (SSSR count). The van der Waals surface area contributed by atoms with Crippen molar-refractivity contribution in [3.63, 3.8) is 0 Å². The average Bonchev–Trinajstić information content (AvgIpc) is 3.40. The summed E-state index contributed by atoms with van der Waals surface area (Å²) >= 11 is 0. The number of amides is 1. The minimum absolute atomic E-state index is 0.222. The fraction of sp³-hybridized carbons (Fsp3) is 0.179. The fourth-order valence-electron chi connectivity index (χ4n) is 4.34. The number of hydrogen-bond donors (Lipinski definition) is 2. The molecule has 3 aromatic carbocycles. The Bertz CT molecular complexity index is 1500. The Balaban J connectivity index is 1.51. The number of fused-ring (bicyclic) bond motifs is 1. The summed E-state index contributed by atoms with van der Waals surface area (Å²) in [5, 5.41) is 10.5. The van der Waals surface area contributed by atoms with Crippen LogP contribution in [0.3, 0.4) is 0 Å². The zero-order chi connectivity index (χ0) is 26.6. The molecule has 0 saturated heterocycles. The molecular weight excluding hydrogens is 489 g/mol. The van der Waals surface area contributed by atoms with Crippen molar-refractivity contribution in [2.75, 3.05) is 24.9 Å². The van der Waals surface area contributed by atoms with E-state index in [1.165, 1.54) is 25.6 Å². The van der Waals surface area contributed by atoms with Crippen LogP contribution in [-0.2, 0) is 11.4 Å². The van der Waals surface area contributed by atoms with Gasteiger partial charge >= 0.3 is 0 Å². The predicted molar refractivity (Wildman–Crippen MR) is 140 cm³/mol. The van der Waals surface area contributed by atoms with E-state index in [0.717, 1.165) is 5.56 Å². The van der Waals surface area contributed by atoms with Gasteiger partial charge in [-0.1, -0.05) is 30.3 Å². The number of rotatable bonds is 8. The molecule has 0 fully saturated rings. The number of methoxy groups -OCH3 is 2. The number of allylic oxidation sites excluding steroid dienone is 1. The van der Waals surface area contributed by atoms with Crippen LogP contribution in [0.1, 0.15) is 24.1 Å². The van der Waals surface area contributed by atoms with Crippen molar-refractivity contribution in [2.24, 2.45) is 0 Å². The Hall–Kier alpha value is -4.86. The maximum atomic E-state index is 13.8. The van der Waals surface area contributed by atoms with Crippen LogP contribution in [0.25, 0.3) is 0 Å². The maximum absolute atomic E-state index is 13.8. The fourth-order valence-corrected chi connectivity index (χ4v) is 4.34. The molecule has 10 heteroatoms. The molecule has 0 spiro atoms. The summed E-state index contributed by atoms with van der Waals surface area (Å²) in [7, 11) is 3.08. The van der Waals surface area contributed by atoms with Crippen LogP contribution in [0.15, 0.2) is 84.3 Å². The second-order valence-electron chi connectivity index (χ2n) is 8.57. The first kappa shape index (κ1) is 24.8. The molecule has 0 aliphatic carbocycles. The van der Waals surface area contributed by atoms with Gasteiger partial charge in [-0.25, -0.2) is 9.07 Å². The lowest BCUT2D eigenvalue weighted by molar-refractivity contribution is -0.113. The highest BCUT2D eigenvalue weighted by atomic mass is 19.1. The largest absolute Gasteiger partial charge is 0.497 e. The van der Waals surface area contributed by atoms with Gasteiger partial charge in [0.25, 0.3) is 5.91 Å². The summed E-state index contributed by atoms with van der Waals surface area (Å²) in [5.74, 6) is 1.46. The van der Waals surface area contributed by atoms with E-state index < -0.39 is 6.04 Å². The molecule has 0 radical (unpaired) electrons. The SMILES string of the molecule is COc1ccc(NC(=O)C2=C(C)Nc3ncnn3[C@@H]2c2ccccc2OCc2ccc(F)cc2)c(OC)c1. The Morgan fingerprint density at radius 3 is 2.61 bits per heavy atom. The number of halogens is 1. The standard InChI is InChI=1S/C28H26FN5O4/c1-17-25(27(35)33-22-13-12-20(36-2)14-24(22)37-3)26(34-28(32-17)30-16-31-34)21-6-4-5-7-23(21)38-15-18-8-10-19(29)11-9-18/h4-14,16,26H,15H2,1-3H3,(H,33,35)(H,30,31,32)/t26-/m1/s1. The van der Waals surface area contributed by atoms with E-state index >= 15 is 0 Å². The van der Waals surface area contributed by atoms with Gasteiger partial charge in [-0.2, -0.15) is 10.1 Å². The molecule has 2 N–H and O–H groups in total. The van der Waals surface area contributed by atoms with Crippen LogP contribution in [-0.4, -0.2) is 34.9 Å². The maximum Gasteiger partial charge on any atom is 0.255 e. The van der Waals surface area contributed by atoms with Crippen LogP contribution in [0.2, 0.25) is 0 Å². The predicted octanol–water partition coefficient (Wildman–Crippen LogP) is 4.94. The average molecular weight is 516 g/mol. The van der Waals surface area contributed by atoms with E-state index in [4.69, 9.17) is 14.2 Å². The summed E-state index contributed by atoms with van der Waals surface area (Å²) in [5.41, 5.74) is 3.06. The molecule has 1 atom stereocenters. The van der Waals surface area contributed by atoms with E-state index in [1.807, 2.05) is 31.2 Å². The number of nitrogens with zero attached hydrogens (tertiary/aromatic N) is 3. The molecule has 38 heavy (non-hydrogen) atoms. The van der Waals surface area contributed by atoms with Crippen molar-refractivity contribution in [2.45, 2.75) is 19.6 Å². The van der Waals surface area contributed by atoms with E-state index in [9.17, 15) is 9.18 Å². The van der Waals surface area contributed by atoms with Gasteiger partial charge in [0.2, 0.25) is 5.95 Å². The number of ether oxygens (including phenoxy) is 3. The van der Waals surface area contributed by atoms with Gasteiger partial charge in [0.1, 0.15) is 42.0 Å². The summed E-state index contributed by atoms with van der Waals surface area (Å²) < 4.78 is 31.9. The zero-order valence-electron chi connectivity index (χ0n) is 21.1. The molecule has 1 aliphatic rings. The number of anilines is 2. The first-order valence-electron chi connectivity index (χ1n) is 11.9. The molecule has 0 unspecified atom stereocenters. The molecule has 0 bridgehead atoms. The van der Waals surface area contributed by atoms with E-state index in [0.29, 0.717) is 45.7 Å². The quantitative estimate of drug-likeness (QED) is 0.343. The Labute approximate surface area is 218 Å². The van der Waals surface area contributed by atoms with E-state index in [2.05, 4.69) is 20.7 Å². The first-order chi connectivity index (χ1) is 18.5. The first-order valence-corrected chi connectivity index (χ1v) is 11.9. The highest BCUT2D eigenvalue weighted by Gasteiger charge is 2.35. The van der Waals surface area contributed by atoms with Gasteiger partial charge in [0.05, 0.1) is 25.5 Å². The van der Waals surface area contributed by atoms with Crippen LogP contribution in [0.4, 0.5) is 16.0 Å². The second kappa shape index (κ2) is 10.6. The molecule has 9 nitrogen and oxygen atoms in total. The van der Waals surface area contributed by atoms with Gasteiger partial charge in [0, 0.05) is 17.3 Å². The Morgan fingerprint density at radius 1 is 1.05 bits per heavy atom. The van der Waals surface area contributed by atoms with Crippen molar-refractivity contribution in [1.29, 1.82) is 0 Å². The molecular formula is C28H26FN5O4. The topological polar surface area (TPSA) is 99.5 Å². The van der Waals surface area contributed by atoms with Crippen molar-refractivity contribution >= 4 is 17.5 Å². The highest BCUT2D eigenvalue weighted by Crippen LogP contribution is 2.40. The third-order valence-electron chi connectivity index (χ3n) is 6.22. The van der Waals surface area contributed by atoms with E-state index in [-0.39, 0.29) is 18.3 Å². The summed E-state index contributed by atoms with van der Waals surface area (Å²) in [6.45, 7) is 2.03. The number of aromatic nitrogens is 3. The minimum Gasteiger partial charge on any atom is -0.497 e. The molecule has 0 saturated carbocycles. The number of nitrogens with one attached hydrogen (secondary N) is 2. The lowest BCUT2D eigenvalue weighted by Crippen LogP contribution is -2.31. The number of carbonyl (C=O) groups is 1. The summed E-state index contributed by atoms with van der Waals surface area (Å²) in [6.07, 6.45) is 1.43. The molecule has 1 aromatic heterocycles. The molecule has 194 valence electrons. The van der Waals surface area contributed by atoms with Gasteiger partial charge in [-0.05, 0) is 42.8 Å². The van der Waals surface area contributed by atoms with Crippen molar-refractivity contribution in [1.82, 2.24) is 14.8 Å². The van der Waals surface area contributed by atoms with Crippen LogP contribution < -0.4 is 24.8 Å². The van der Waals surface area contributed by atoms with Gasteiger partial charge < -0.3 is 24.8 Å². The zero-order valence-corrected chi connectivity index (χ0v) is 21.1. The lowest BCUT2D eigenvalue weighted by Gasteiger charge is -2.30. The lowest BCUT2D eigenvalue weighted by atomic mass is 9.94. The number of carbonyl (C=O) groups excluding carboxylic acids is 1. The number of para-hydroxylation sites is 1. The molecule has 4 aromatic rings. The minimum atomic E-state index is -0.637. The summed E-state index contributed by atoms with van der Waals surface area (Å²) in [6, 6.07) is 18.1. The summed E-state index contributed by atoms with van der Waals surface area (Å²) in [4.78, 5) is 18.1. The van der Waals surface area contributed by atoms with Crippen molar-refractivity contribution in [3.8, 4) is 17.2 Å². The van der Waals surface area contributed by atoms with Crippen molar-refractivity contribution < 1.29 is 23.4 Å². The number of hydrogen-bond acceptors (Lipinski definition) is 7. The normalized spacial score (nSPS) is 14.4. The number of benzene rings is 3. The molecule has 1 amide bonds. The Morgan fingerprint density at radius 2 is 1.84 bits per heavy atom. The van der Waals surface area contributed by atoms with E-state index in [1.54, 1.807) is 42.1 Å². The van der Waals surface area contributed by atoms with Gasteiger partial charge in [-0.15, -0.1) is 0 Å². The van der Waals surface area contributed by atoms with Gasteiger partial charge in [0.15, 0.2) is 0 Å².